The third kappa shape index (κ3) is 2.50. The summed E-state index contributed by atoms with van der Waals surface area (Å²) in [4.78, 5) is 20.9. The molecule has 0 saturated carbocycles. The SMILES string of the molecule is Nc1ncc(-c2ccccc2)nc1-c1ccc2c(c1)CCNC2=O. The number of nitrogens with two attached hydrogens (primary N) is 1. The minimum atomic E-state index is -0.0279. The van der Waals surface area contributed by atoms with Crippen LogP contribution >= 0.6 is 0 Å². The smallest absolute Gasteiger partial charge is 0.251 e. The summed E-state index contributed by atoms with van der Waals surface area (Å²) in [7, 11) is 0. The quantitative estimate of drug-likeness (QED) is 0.761. The van der Waals surface area contributed by atoms with Gasteiger partial charge in [-0.2, -0.15) is 0 Å². The average molecular weight is 316 g/mol. The van der Waals surface area contributed by atoms with Crippen LogP contribution in [0.1, 0.15) is 15.9 Å². The Hall–Kier alpha value is -3.21. The summed E-state index contributed by atoms with van der Waals surface area (Å²) in [5.41, 5.74) is 11.1. The van der Waals surface area contributed by atoms with Crippen LogP contribution < -0.4 is 11.1 Å². The molecule has 0 saturated heterocycles. The van der Waals surface area contributed by atoms with Gasteiger partial charge in [0.25, 0.3) is 5.91 Å². The van der Waals surface area contributed by atoms with Gasteiger partial charge in [-0.1, -0.05) is 36.4 Å². The molecule has 0 atom stereocenters. The Morgan fingerprint density at radius 2 is 1.88 bits per heavy atom. The van der Waals surface area contributed by atoms with Crippen molar-refractivity contribution in [2.45, 2.75) is 6.42 Å². The molecule has 0 unspecified atom stereocenters. The van der Waals surface area contributed by atoms with Gasteiger partial charge in [0.15, 0.2) is 0 Å². The predicted octanol–water partition coefficient (Wildman–Crippen LogP) is 2.68. The van der Waals surface area contributed by atoms with Gasteiger partial charge in [0.05, 0.1) is 11.9 Å². The van der Waals surface area contributed by atoms with Crippen LogP contribution in [0.25, 0.3) is 22.5 Å². The number of nitrogens with one attached hydrogen (secondary N) is 1. The molecule has 3 aromatic rings. The van der Waals surface area contributed by atoms with E-state index in [1.165, 1.54) is 0 Å². The highest BCUT2D eigenvalue weighted by Crippen LogP contribution is 2.28. The Morgan fingerprint density at radius 1 is 1.04 bits per heavy atom. The third-order valence-corrected chi connectivity index (χ3v) is 4.17. The van der Waals surface area contributed by atoms with E-state index in [2.05, 4.69) is 10.3 Å². The van der Waals surface area contributed by atoms with Crippen LogP contribution in [0.15, 0.2) is 54.7 Å². The Morgan fingerprint density at radius 3 is 2.71 bits per heavy atom. The fourth-order valence-corrected chi connectivity index (χ4v) is 2.93. The topological polar surface area (TPSA) is 80.9 Å². The molecule has 3 N–H and O–H groups in total. The number of carbonyl (C=O) groups excluding carboxylic acids is 1. The minimum Gasteiger partial charge on any atom is -0.382 e. The molecule has 1 amide bonds. The predicted molar refractivity (Wildman–Crippen MR) is 93.4 cm³/mol. The first-order valence-electron chi connectivity index (χ1n) is 7.82. The fourth-order valence-electron chi connectivity index (χ4n) is 2.93. The fraction of sp³-hybridized carbons (Fsp3) is 0.105. The standard InChI is InChI=1S/C19H16N4O/c20-18-17(23-16(11-22-18)12-4-2-1-3-5-12)14-6-7-15-13(10-14)8-9-21-19(15)24/h1-7,10-11H,8-9H2,(H2,20,22)(H,21,24). The second-order valence-electron chi connectivity index (χ2n) is 5.73. The maximum absolute atomic E-state index is 11.9. The summed E-state index contributed by atoms with van der Waals surface area (Å²) in [6.45, 7) is 0.653. The van der Waals surface area contributed by atoms with E-state index in [4.69, 9.17) is 10.7 Å². The number of aromatic nitrogens is 2. The maximum atomic E-state index is 11.9. The molecule has 1 aromatic heterocycles. The molecule has 4 rings (SSSR count). The van der Waals surface area contributed by atoms with Crippen molar-refractivity contribution in [3.63, 3.8) is 0 Å². The van der Waals surface area contributed by atoms with Crippen LogP contribution in [-0.2, 0) is 6.42 Å². The van der Waals surface area contributed by atoms with E-state index in [1.807, 2.05) is 48.5 Å². The minimum absolute atomic E-state index is 0.0279. The van der Waals surface area contributed by atoms with Gasteiger partial charge in [0, 0.05) is 23.2 Å². The first-order valence-corrected chi connectivity index (χ1v) is 7.82. The highest BCUT2D eigenvalue weighted by molar-refractivity contribution is 5.97. The molecule has 0 bridgehead atoms. The van der Waals surface area contributed by atoms with Crippen molar-refractivity contribution in [2.75, 3.05) is 12.3 Å². The lowest BCUT2D eigenvalue weighted by atomic mass is 9.96. The van der Waals surface area contributed by atoms with Gasteiger partial charge in [0.1, 0.15) is 11.5 Å². The lowest BCUT2D eigenvalue weighted by Crippen LogP contribution is -2.31. The molecule has 2 heterocycles. The zero-order chi connectivity index (χ0) is 16.5. The van der Waals surface area contributed by atoms with Gasteiger partial charge in [-0.25, -0.2) is 9.97 Å². The van der Waals surface area contributed by atoms with E-state index >= 15 is 0 Å². The van der Waals surface area contributed by atoms with Crippen LogP contribution in [0, 0.1) is 0 Å². The highest BCUT2D eigenvalue weighted by Gasteiger charge is 2.18. The number of anilines is 1. The normalized spacial score (nSPS) is 13.2. The summed E-state index contributed by atoms with van der Waals surface area (Å²) in [5, 5.41) is 2.85. The molecule has 0 aliphatic carbocycles. The number of fused-ring (bicyclic) bond motifs is 1. The Balaban J connectivity index is 1.81. The van der Waals surface area contributed by atoms with E-state index < -0.39 is 0 Å². The molecular formula is C19H16N4O. The maximum Gasteiger partial charge on any atom is 0.251 e. The Kier molecular flexibility index (Phi) is 3.46. The van der Waals surface area contributed by atoms with Crippen LogP contribution in [0.4, 0.5) is 5.82 Å². The van der Waals surface area contributed by atoms with Gasteiger partial charge < -0.3 is 11.1 Å². The molecule has 2 aromatic carbocycles. The number of hydrogen-bond donors (Lipinski definition) is 2. The molecular weight excluding hydrogens is 300 g/mol. The zero-order valence-electron chi connectivity index (χ0n) is 13.0. The molecule has 0 spiro atoms. The summed E-state index contributed by atoms with van der Waals surface area (Å²) in [5.74, 6) is 0.356. The number of hydrogen-bond acceptors (Lipinski definition) is 4. The molecule has 0 fully saturated rings. The van der Waals surface area contributed by atoms with E-state index in [-0.39, 0.29) is 5.91 Å². The van der Waals surface area contributed by atoms with E-state index in [9.17, 15) is 4.79 Å². The number of nitrogens with zero attached hydrogens (tertiary/aromatic N) is 2. The van der Waals surface area contributed by atoms with Crippen molar-refractivity contribution in [1.82, 2.24) is 15.3 Å². The van der Waals surface area contributed by atoms with Crippen LogP contribution in [0.3, 0.4) is 0 Å². The zero-order valence-corrected chi connectivity index (χ0v) is 13.0. The van der Waals surface area contributed by atoms with Crippen molar-refractivity contribution < 1.29 is 4.79 Å². The first kappa shape index (κ1) is 14.4. The molecule has 5 nitrogen and oxygen atoms in total. The monoisotopic (exact) mass is 316 g/mol. The second kappa shape index (κ2) is 5.77. The number of nitrogen functional groups attached to an aromatic ring is 1. The van der Waals surface area contributed by atoms with Crippen molar-refractivity contribution in [1.29, 1.82) is 0 Å². The lowest BCUT2D eigenvalue weighted by molar-refractivity contribution is 0.0946. The number of benzene rings is 2. The molecule has 1 aliphatic rings. The number of carbonyl (C=O) groups is 1. The van der Waals surface area contributed by atoms with Gasteiger partial charge in [0.2, 0.25) is 0 Å². The summed E-state index contributed by atoms with van der Waals surface area (Å²) in [6, 6.07) is 15.6. The summed E-state index contributed by atoms with van der Waals surface area (Å²) >= 11 is 0. The summed E-state index contributed by atoms with van der Waals surface area (Å²) in [6.07, 6.45) is 2.49. The van der Waals surface area contributed by atoms with E-state index in [0.29, 0.717) is 18.1 Å². The van der Waals surface area contributed by atoms with Gasteiger partial charge in [-0.05, 0) is 24.1 Å². The Labute approximate surface area is 139 Å². The second-order valence-corrected chi connectivity index (χ2v) is 5.73. The van der Waals surface area contributed by atoms with Crippen molar-refractivity contribution in [3.8, 4) is 22.5 Å². The third-order valence-electron chi connectivity index (χ3n) is 4.17. The Bertz CT molecular complexity index is 922. The van der Waals surface area contributed by atoms with Crippen molar-refractivity contribution in [2.24, 2.45) is 0 Å². The highest BCUT2D eigenvalue weighted by atomic mass is 16.1. The van der Waals surface area contributed by atoms with Crippen LogP contribution in [0.5, 0.6) is 0 Å². The van der Waals surface area contributed by atoms with E-state index in [1.54, 1.807) is 6.20 Å². The van der Waals surface area contributed by atoms with Crippen molar-refractivity contribution in [3.05, 3.63) is 65.9 Å². The van der Waals surface area contributed by atoms with E-state index in [0.717, 1.165) is 34.4 Å². The number of amides is 1. The molecule has 118 valence electrons. The summed E-state index contributed by atoms with van der Waals surface area (Å²) < 4.78 is 0. The first-order chi connectivity index (χ1) is 11.7. The van der Waals surface area contributed by atoms with Crippen LogP contribution in [-0.4, -0.2) is 22.4 Å². The lowest BCUT2D eigenvalue weighted by Gasteiger charge is -2.17. The molecule has 5 heteroatoms. The average Bonchev–Trinajstić information content (AvgIpc) is 2.63. The molecule has 24 heavy (non-hydrogen) atoms. The van der Waals surface area contributed by atoms with Crippen molar-refractivity contribution >= 4 is 11.7 Å². The van der Waals surface area contributed by atoms with Gasteiger partial charge >= 0.3 is 0 Å². The molecule has 0 radical (unpaired) electrons. The van der Waals surface area contributed by atoms with Gasteiger partial charge in [-0.3, -0.25) is 4.79 Å². The van der Waals surface area contributed by atoms with Gasteiger partial charge in [-0.15, -0.1) is 0 Å². The van der Waals surface area contributed by atoms with Crippen LogP contribution in [0.2, 0.25) is 0 Å². The largest absolute Gasteiger partial charge is 0.382 e. The number of rotatable bonds is 2. The molecule has 1 aliphatic heterocycles.